The summed E-state index contributed by atoms with van der Waals surface area (Å²) in [4.78, 5) is 18.6. The van der Waals surface area contributed by atoms with Crippen LogP contribution in [0.25, 0.3) is 0 Å². The molecule has 6 heteroatoms. The van der Waals surface area contributed by atoms with Gasteiger partial charge in [0.1, 0.15) is 5.69 Å². The van der Waals surface area contributed by atoms with Gasteiger partial charge in [0.25, 0.3) is 5.91 Å². The Morgan fingerprint density at radius 2 is 1.81 bits per heavy atom. The van der Waals surface area contributed by atoms with Crippen molar-refractivity contribution < 1.29 is 14.3 Å². The smallest absolute Gasteiger partial charge is 0.270 e. The molecule has 2 rings (SSSR count). The Balaban J connectivity index is 2.11. The summed E-state index contributed by atoms with van der Waals surface area (Å²) < 4.78 is 11.2. The van der Waals surface area contributed by atoms with Crippen LogP contribution >= 0.6 is 0 Å². The van der Waals surface area contributed by atoms with E-state index >= 15 is 0 Å². The van der Waals surface area contributed by atoms with E-state index in [2.05, 4.69) is 10.3 Å². The van der Waals surface area contributed by atoms with Crippen LogP contribution < -0.4 is 19.7 Å². The van der Waals surface area contributed by atoms with Crippen LogP contribution in [0.4, 0.5) is 5.69 Å². The lowest BCUT2D eigenvalue weighted by Crippen LogP contribution is -2.27. The van der Waals surface area contributed by atoms with Crippen LogP contribution in [0.2, 0.25) is 0 Å². The zero-order valence-electron chi connectivity index (χ0n) is 16.1. The van der Waals surface area contributed by atoms with E-state index in [0.717, 1.165) is 11.3 Å². The number of rotatable bonds is 8. The molecular weight excluding hydrogens is 330 g/mol. The molecule has 2 aromatic rings. The lowest BCUT2D eigenvalue weighted by molar-refractivity contribution is 0.0935. The van der Waals surface area contributed by atoms with Gasteiger partial charge in [-0.25, -0.2) is 4.98 Å². The molecule has 0 bridgehead atoms. The Hall–Kier alpha value is -2.76. The minimum atomic E-state index is -0.213. The van der Waals surface area contributed by atoms with Crippen molar-refractivity contribution in [1.29, 1.82) is 0 Å². The van der Waals surface area contributed by atoms with E-state index < -0.39 is 0 Å². The van der Waals surface area contributed by atoms with Crippen LogP contribution in [-0.2, 0) is 0 Å². The highest BCUT2D eigenvalue weighted by Gasteiger charge is 2.15. The zero-order valence-corrected chi connectivity index (χ0v) is 16.1. The number of nitrogens with one attached hydrogen (secondary N) is 1. The summed E-state index contributed by atoms with van der Waals surface area (Å²) in [5, 5.41) is 2.97. The molecule has 0 saturated carbocycles. The van der Waals surface area contributed by atoms with Gasteiger partial charge in [-0.1, -0.05) is 6.07 Å². The molecular formula is C20H27N3O3. The van der Waals surface area contributed by atoms with E-state index in [1.807, 2.05) is 64.0 Å². The first kappa shape index (κ1) is 19.6. The predicted molar refractivity (Wildman–Crippen MR) is 103 cm³/mol. The van der Waals surface area contributed by atoms with Crippen molar-refractivity contribution in [2.75, 3.05) is 32.2 Å². The number of hydrogen-bond donors (Lipinski definition) is 1. The van der Waals surface area contributed by atoms with Crippen molar-refractivity contribution in [2.24, 2.45) is 0 Å². The normalized spacial score (nSPS) is 11.6. The largest absolute Gasteiger partial charge is 0.490 e. The van der Waals surface area contributed by atoms with Crippen molar-refractivity contribution in [2.45, 2.75) is 26.8 Å². The minimum absolute atomic E-state index is 0.187. The number of carbonyl (C=O) groups excluding carboxylic acids is 1. The number of benzene rings is 1. The van der Waals surface area contributed by atoms with E-state index in [1.165, 1.54) is 0 Å². The number of hydrogen-bond acceptors (Lipinski definition) is 5. The first-order valence-electron chi connectivity index (χ1n) is 8.80. The maximum atomic E-state index is 12.4. The first-order chi connectivity index (χ1) is 12.5. The summed E-state index contributed by atoms with van der Waals surface area (Å²) in [7, 11) is 3.86. The SMILES string of the molecule is CCOc1ccc(C(C)NC(=O)c2ccc(N(C)C)cn2)cc1OCC. The second kappa shape index (κ2) is 9.08. The Morgan fingerprint density at radius 3 is 2.38 bits per heavy atom. The Morgan fingerprint density at radius 1 is 1.12 bits per heavy atom. The van der Waals surface area contributed by atoms with E-state index in [1.54, 1.807) is 12.3 Å². The summed E-state index contributed by atoms with van der Waals surface area (Å²) in [5.74, 6) is 1.17. The molecule has 1 N–H and O–H groups in total. The molecule has 0 aliphatic carbocycles. The van der Waals surface area contributed by atoms with Gasteiger partial charge < -0.3 is 19.7 Å². The van der Waals surface area contributed by atoms with Crippen LogP contribution in [0, 0.1) is 0 Å². The fraction of sp³-hybridized carbons (Fsp3) is 0.400. The molecule has 1 amide bonds. The van der Waals surface area contributed by atoms with Gasteiger partial charge in [-0.15, -0.1) is 0 Å². The van der Waals surface area contributed by atoms with E-state index in [0.29, 0.717) is 30.4 Å². The molecule has 0 aliphatic rings. The van der Waals surface area contributed by atoms with Crippen LogP contribution in [-0.4, -0.2) is 38.2 Å². The molecule has 1 unspecified atom stereocenters. The third kappa shape index (κ3) is 4.88. The quantitative estimate of drug-likeness (QED) is 0.784. The van der Waals surface area contributed by atoms with Crippen molar-refractivity contribution in [1.82, 2.24) is 10.3 Å². The van der Waals surface area contributed by atoms with Gasteiger partial charge >= 0.3 is 0 Å². The number of amides is 1. The number of carbonyl (C=O) groups is 1. The predicted octanol–water partition coefficient (Wildman–Crippen LogP) is 3.44. The summed E-state index contributed by atoms with van der Waals surface area (Å²) in [6.07, 6.45) is 1.68. The monoisotopic (exact) mass is 357 g/mol. The highest BCUT2D eigenvalue weighted by molar-refractivity contribution is 5.92. The van der Waals surface area contributed by atoms with Crippen LogP contribution in [0.5, 0.6) is 11.5 Å². The molecule has 1 atom stereocenters. The van der Waals surface area contributed by atoms with Crippen LogP contribution in [0.3, 0.4) is 0 Å². The number of anilines is 1. The third-order valence-corrected chi connectivity index (χ3v) is 3.91. The summed E-state index contributed by atoms with van der Waals surface area (Å²) in [5.41, 5.74) is 2.27. The topological polar surface area (TPSA) is 63.7 Å². The molecule has 140 valence electrons. The van der Waals surface area contributed by atoms with Crippen molar-refractivity contribution in [3.8, 4) is 11.5 Å². The van der Waals surface area contributed by atoms with Gasteiger partial charge in [-0.2, -0.15) is 0 Å². The summed E-state index contributed by atoms with van der Waals surface area (Å²) in [6, 6.07) is 9.12. The van der Waals surface area contributed by atoms with Crippen LogP contribution in [0.15, 0.2) is 36.5 Å². The standard InChI is InChI=1S/C20H27N3O3/c1-6-25-18-11-8-15(12-19(18)26-7-2)14(3)22-20(24)17-10-9-16(13-21-17)23(4)5/h8-14H,6-7H2,1-5H3,(H,22,24). The minimum Gasteiger partial charge on any atom is -0.490 e. The average Bonchev–Trinajstić information content (AvgIpc) is 2.63. The molecule has 26 heavy (non-hydrogen) atoms. The third-order valence-electron chi connectivity index (χ3n) is 3.91. The number of ether oxygens (including phenoxy) is 2. The van der Waals surface area contributed by atoms with Gasteiger partial charge in [0, 0.05) is 14.1 Å². The van der Waals surface area contributed by atoms with E-state index in [-0.39, 0.29) is 11.9 Å². The highest BCUT2D eigenvalue weighted by atomic mass is 16.5. The Bertz CT molecular complexity index is 730. The van der Waals surface area contributed by atoms with Crippen molar-refractivity contribution >= 4 is 11.6 Å². The van der Waals surface area contributed by atoms with Crippen LogP contribution in [0.1, 0.15) is 42.9 Å². The zero-order chi connectivity index (χ0) is 19.1. The fourth-order valence-corrected chi connectivity index (χ4v) is 2.48. The van der Waals surface area contributed by atoms with Crippen molar-refractivity contribution in [3.05, 3.63) is 47.8 Å². The maximum Gasteiger partial charge on any atom is 0.270 e. The molecule has 0 spiro atoms. The molecule has 0 saturated heterocycles. The van der Waals surface area contributed by atoms with Gasteiger partial charge in [-0.3, -0.25) is 4.79 Å². The van der Waals surface area contributed by atoms with E-state index in [9.17, 15) is 4.79 Å². The fourth-order valence-electron chi connectivity index (χ4n) is 2.48. The average molecular weight is 357 g/mol. The second-order valence-corrected chi connectivity index (χ2v) is 6.06. The Kier molecular flexibility index (Phi) is 6.83. The number of aromatic nitrogens is 1. The summed E-state index contributed by atoms with van der Waals surface area (Å²) in [6.45, 7) is 6.90. The van der Waals surface area contributed by atoms with Gasteiger partial charge in [0.05, 0.1) is 31.1 Å². The van der Waals surface area contributed by atoms with Crippen molar-refractivity contribution in [3.63, 3.8) is 0 Å². The Labute approximate surface area is 155 Å². The molecule has 1 heterocycles. The van der Waals surface area contributed by atoms with Gasteiger partial charge in [0.15, 0.2) is 11.5 Å². The lowest BCUT2D eigenvalue weighted by atomic mass is 10.1. The molecule has 6 nitrogen and oxygen atoms in total. The molecule has 0 radical (unpaired) electrons. The van der Waals surface area contributed by atoms with Gasteiger partial charge in [0.2, 0.25) is 0 Å². The molecule has 1 aromatic heterocycles. The molecule has 0 fully saturated rings. The highest BCUT2D eigenvalue weighted by Crippen LogP contribution is 2.30. The second-order valence-electron chi connectivity index (χ2n) is 6.06. The van der Waals surface area contributed by atoms with E-state index in [4.69, 9.17) is 9.47 Å². The lowest BCUT2D eigenvalue weighted by Gasteiger charge is -2.18. The maximum absolute atomic E-state index is 12.4. The summed E-state index contributed by atoms with van der Waals surface area (Å²) >= 11 is 0. The molecule has 0 aliphatic heterocycles. The number of pyridine rings is 1. The first-order valence-corrected chi connectivity index (χ1v) is 8.80. The number of nitrogens with zero attached hydrogens (tertiary/aromatic N) is 2. The van der Waals surface area contributed by atoms with Gasteiger partial charge in [-0.05, 0) is 50.6 Å². The molecule has 1 aromatic carbocycles.